The summed E-state index contributed by atoms with van der Waals surface area (Å²) in [5.74, 6) is 0. The standard InChI is InChI=1S/C8H16N2OP/c1-12-8-10-4-2-9(3-5-10)6-7-11/h1,11H,2-8H2/q+1. The first-order valence-electron chi connectivity index (χ1n) is 4.29. The van der Waals surface area contributed by atoms with Gasteiger partial charge in [-0.05, 0) is 0 Å². The van der Waals surface area contributed by atoms with E-state index in [1.807, 2.05) is 0 Å². The Morgan fingerprint density at radius 2 is 1.75 bits per heavy atom. The predicted molar refractivity (Wildman–Crippen MR) is 51.8 cm³/mol. The van der Waals surface area contributed by atoms with Crippen molar-refractivity contribution in [1.82, 2.24) is 9.80 Å². The zero-order valence-electron chi connectivity index (χ0n) is 7.32. The first-order valence-corrected chi connectivity index (χ1v) is 5.44. The second-order valence-corrected chi connectivity index (χ2v) is 3.66. The van der Waals surface area contributed by atoms with E-state index in [0.717, 1.165) is 47.0 Å². The van der Waals surface area contributed by atoms with E-state index < -0.39 is 0 Å². The molecule has 68 valence electrons. The average Bonchev–Trinajstić information content (AvgIpc) is 2.09. The number of rotatable bonds is 3. The number of β-amino-alcohol motifs (C(OH)–C–C–N with tert-alkyl or cyclic N) is 1. The Labute approximate surface area is 75.4 Å². The fraction of sp³-hybridized carbons (Fsp3) is 0.875. The Bertz CT molecular complexity index is 161. The maximum absolute atomic E-state index is 8.71. The molecule has 1 fully saturated rings. The normalized spacial score (nSPS) is 21.0. The summed E-state index contributed by atoms with van der Waals surface area (Å²) in [4.78, 5) is 4.64. The van der Waals surface area contributed by atoms with Crippen LogP contribution in [0.1, 0.15) is 0 Å². The molecular weight excluding hydrogens is 171 g/mol. The second-order valence-electron chi connectivity index (χ2n) is 3.01. The van der Waals surface area contributed by atoms with Crippen LogP contribution >= 0.6 is 8.04 Å². The zero-order chi connectivity index (χ0) is 8.81. The number of nitrogens with zero attached hydrogens (tertiary/aromatic N) is 2. The molecule has 0 aromatic rings. The molecule has 0 aromatic carbocycles. The van der Waals surface area contributed by atoms with Gasteiger partial charge < -0.3 is 0 Å². The average molecular weight is 187 g/mol. The molecule has 1 N–H and O–H groups in total. The minimum atomic E-state index is 0.273. The van der Waals surface area contributed by atoms with Crippen LogP contribution in [0.2, 0.25) is 0 Å². The number of aliphatic hydroxyl groups is 1. The van der Waals surface area contributed by atoms with Gasteiger partial charge in [-0.25, -0.2) is 0 Å². The van der Waals surface area contributed by atoms with Crippen LogP contribution in [-0.2, 0) is 0 Å². The predicted octanol–water partition coefficient (Wildman–Crippen LogP) is 0.0890. The van der Waals surface area contributed by atoms with Gasteiger partial charge in [-0.1, -0.05) is 0 Å². The molecule has 12 heavy (non-hydrogen) atoms. The van der Waals surface area contributed by atoms with E-state index in [-0.39, 0.29) is 6.61 Å². The van der Waals surface area contributed by atoms with Crippen molar-refractivity contribution >= 4 is 8.04 Å². The van der Waals surface area contributed by atoms with Crippen molar-refractivity contribution in [3.63, 3.8) is 0 Å². The zero-order valence-corrected chi connectivity index (χ0v) is 8.21. The van der Waals surface area contributed by atoms with E-state index in [2.05, 4.69) is 9.80 Å². The van der Waals surface area contributed by atoms with Crippen LogP contribution in [0, 0.1) is 6.13 Å². The van der Waals surface area contributed by atoms with Gasteiger partial charge in [0.25, 0.3) is 0 Å². The number of aliphatic hydroxyl groups excluding tert-OH is 1. The SMILES string of the molecule is C#[P+]CN1CCN(CCO)CC1. The second kappa shape index (κ2) is 5.69. The van der Waals surface area contributed by atoms with Crippen molar-refractivity contribution in [1.29, 1.82) is 0 Å². The fourth-order valence-electron chi connectivity index (χ4n) is 1.41. The van der Waals surface area contributed by atoms with E-state index in [1.54, 1.807) is 0 Å². The van der Waals surface area contributed by atoms with Crippen molar-refractivity contribution in [2.24, 2.45) is 0 Å². The molecule has 1 aliphatic rings. The van der Waals surface area contributed by atoms with Gasteiger partial charge >= 0.3 is 74.7 Å². The molecule has 0 atom stereocenters. The van der Waals surface area contributed by atoms with E-state index in [0.29, 0.717) is 0 Å². The van der Waals surface area contributed by atoms with Crippen LogP contribution < -0.4 is 0 Å². The maximum atomic E-state index is 8.71. The monoisotopic (exact) mass is 187 g/mol. The van der Waals surface area contributed by atoms with Crippen LogP contribution in [0.15, 0.2) is 0 Å². The van der Waals surface area contributed by atoms with Crippen molar-refractivity contribution in [3.05, 3.63) is 0 Å². The van der Waals surface area contributed by atoms with E-state index >= 15 is 0 Å². The molecule has 4 heteroatoms. The molecule has 0 unspecified atom stereocenters. The van der Waals surface area contributed by atoms with Crippen molar-refractivity contribution < 1.29 is 5.11 Å². The van der Waals surface area contributed by atoms with Crippen LogP contribution in [-0.4, -0.2) is 60.5 Å². The molecule has 0 aliphatic carbocycles. The molecule has 0 amide bonds. The Morgan fingerprint density at radius 3 is 2.25 bits per heavy atom. The van der Waals surface area contributed by atoms with E-state index in [1.165, 1.54) is 0 Å². The third-order valence-corrected chi connectivity index (χ3v) is 2.73. The molecule has 1 rings (SSSR count). The van der Waals surface area contributed by atoms with Gasteiger partial charge in [0.05, 0.1) is 0 Å². The Balaban J connectivity index is 2.16. The fourth-order valence-corrected chi connectivity index (χ4v) is 1.92. The molecule has 0 aromatic heterocycles. The summed E-state index contributed by atoms with van der Waals surface area (Å²) in [7, 11) is 0.960. The van der Waals surface area contributed by atoms with Gasteiger partial charge in [0.1, 0.15) is 0 Å². The molecule has 0 spiro atoms. The number of piperazine rings is 1. The summed E-state index contributed by atoms with van der Waals surface area (Å²) < 4.78 is 0. The van der Waals surface area contributed by atoms with E-state index in [4.69, 9.17) is 11.2 Å². The Hall–Kier alpha value is 0.0900. The van der Waals surface area contributed by atoms with Gasteiger partial charge in [0, 0.05) is 0 Å². The van der Waals surface area contributed by atoms with Crippen LogP contribution in [0.3, 0.4) is 0 Å². The summed E-state index contributed by atoms with van der Waals surface area (Å²) >= 11 is 0. The third-order valence-electron chi connectivity index (χ3n) is 2.16. The van der Waals surface area contributed by atoms with Crippen molar-refractivity contribution in [2.75, 3.05) is 45.6 Å². The first-order chi connectivity index (χ1) is 5.86. The van der Waals surface area contributed by atoms with Crippen molar-refractivity contribution in [3.8, 4) is 6.13 Å². The van der Waals surface area contributed by atoms with Gasteiger partial charge in [-0.3, -0.25) is 0 Å². The molecule has 0 saturated carbocycles. The molecule has 3 nitrogen and oxygen atoms in total. The Kier molecular flexibility index (Phi) is 4.82. The van der Waals surface area contributed by atoms with Crippen LogP contribution in [0.5, 0.6) is 0 Å². The topological polar surface area (TPSA) is 26.7 Å². The summed E-state index contributed by atoms with van der Waals surface area (Å²) in [6.07, 6.45) is 6.41. The summed E-state index contributed by atoms with van der Waals surface area (Å²) in [6.45, 7) is 5.39. The first kappa shape index (κ1) is 10.2. The molecule has 1 saturated heterocycles. The Morgan fingerprint density at radius 1 is 1.17 bits per heavy atom. The van der Waals surface area contributed by atoms with Gasteiger partial charge in [-0.2, -0.15) is 0 Å². The van der Waals surface area contributed by atoms with Crippen LogP contribution in [0.25, 0.3) is 0 Å². The van der Waals surface area contributed by atoms with Gasteiger partial charge in [0.15, 0.2) is 0 Å². The third kappa shape index (κ3) is 3.22. The van der Waals surface area contributed by atoms with Crippen molar-refractivity contribution in [2.45, 2.75) is 0 Å². The molecule has 1 aliphatic heterocycles. The quantitative estimate of drug-likeness (QED) is 0.634. The summed E-state index contributed by atoms with van der Waals surface area (Å²) in [6, 6.07) is 0. The van der Waals surface area contributed by atoms with Gasteiger partial charge in [-0.15, -0.1) is 0 Å². The number of hydrogen-bond acceptors (Lipinski definition) is 3. The molecular formula is C8H16N2OP+. The molecule has 0 bridgehead atoms. The number of hydrogen-bond donors (Lipinski definition) is 1. The van der Waals surface area contributed by atoms with Gasteiger partial charge in [0.2, 0.25) is 0 Å². The summed E-state index contributed by atoms with van der Waals surface area (Å²) in [5, 5.41) is 8.71. The minimum absolute atomic E-state index is 0.273. The van der Waals surface area contributed by atoms with Crippen LogP contribution in [0.4, 0.5) is 0 Å². The van der Waals surface area contributed by atoms with E-state index in [9.17, 15) is 0 Å². The summed E-state index contributed by atoms with van der Waals surface area (Å²) in [5.41, 5.74) is 0. The molecule has 0 radical (unpaired) electrons. The molecule has 1 heterocycles.